The molecular weight excluding hydrogens is 433 g/mol. The minimum atomic E-state index is 0. The topological polar surface area (TPSA) is 74.9 Å². The largest absolute Gasteiger partial charge is 0.385 e. The van der Waals surface area contributed by atoms with Crippen LogP contribution in [0.2, 0.25) is 0 Å². The van der Waals surface area contributed by atoms with Crippen molar-refractivity contribution in [3.8, 4) is 0 Å². The van der Waals surface area contributed by atoms with Gasteiger partial charge in [-0.05, 0) is 40.2 Å². The summed E-state index contributed by atoms with van der Waals surface area (Å²) in [6.07, 6.45) is 3.04. The van der Waals surface area contributed by atoms with Crippen molar-refractivity contribution in [3.05, 3.63) is 17.0 Å². The first-order valence-corrected chi connectivity index (χ1v) is 8.62. The van der Waals surface area contributed by atoms with Crippen LogP contribution in [0.15, 0.2) is 9.52 Å². The van der Waals surface area contributed by atoms with Gasteiger partial charge in [-0.1, -0.05) is 5.16 Å². The van der Waals surface area contributed by atoms with E-state index in [1.165, 1.54) is 5.56 Å². The van der Waals surface area contributed by atoms with Crippen LogP contribution in [0.3, 0.4) is 0 Å². The first kappa shape index (κ1) is 24.1. The number of hydrogen-bond acceptors (Lipinski definition) is 5. The van der Waals surface area contributed by atoms with Gasteiger partial charge in [-0.25, -0.2) is 0 Å². The van der Waals surface area contributed by atoms with E-state index in [0.29, 0.717) is 0 Å². The highest BCUT2D eigenvalue weighted by molar-refractivity contribution is 14.0. The third kappa shape index (κ3) is 10.0. The van der Waals surface area contributed by atoms with E-state index in [9.17, 15) is 0 Å². The number of likely N-dealkylation sites (N-methyl/N-ethyl adjacent to an activating group) is 1. The Morgan fingerprint density at radius 1 is 1.20 bits per heavy atom. The minimum Gasteiger partial charge on any atom is -0.385 e. The fourth-order valence-electron chi connectivity index (χ4n) is 2.51. The molecule has 25 heavy (non-hydrogen) atoms. The third-order valence-corrected chi connectivity index (χ3v) is 3.98. The van der Waals surface area contributed by atoms with Crippen molar-refractivity contribution in [2.75, 3.05) is 54.0 Å². The molecule has 146 valence electrons. The molecule has 0 bridgehead atoms. The van der Waals surface area contributed by atoms with Crippen LogP contribution in [0.5, 0.6) is 0 Å². The minimum absolute atomic E-state index is 0. The molecule has 1 aromatic rings. The maximum atomic E-state index is 5.19. The molecule has 0 atom stereocenters. The second-order valence-corrected chi connectivity index (χ2v) is 5.98. The quantitative estimate of drug-likeness (QED) is 0.225. The SMILES string of the molecule is CN=C(NCCCc1c(C)noc1C)NCCN(C)CCCOC.I. The highest BCUT2D eigenvalue weighted by Crippen LogP contribution is 2.13. The molecule has 1 heterocycles. The standard InChI is InChI=1S/C17H33N5O2.HI/c1-14-16(15(2)24-21-14)8-6-9-19-17(18-3)20-10-12-22(4)11-7-13-23-5;/h6-13H2,1-5H3,(H2,18,19,20);1H. The summed E-state index contributed by atoms with van der Waals surface area (Å²) in [6, 6.07) is 0. The molecule has 0 aliphatic heterocycles. The summed E-state index contributed by atoms with van der Waals surface area (Å²) in [5, 5.41) is 10.7. The van der Waals surface area contributed by atoms with Gasteiger partial charge in [-0.3, -0.25) is 4.99 Å². The van der Waals surface area contributed by atoms with Crippen molar-refractivity contribution in [1.29, 1.82) is 0 Å². The van der Waals surface area contributed by atoms with Gasteiger partial charge in [-0.15, -0.1) is 24.0 Å². The van der Waals surface area contributed by atoms with Gasteiger partial charge in [0.15, 0.2) is 5.96 Å². The van der Waals surface area contributed by atoms with Crippen LogP contribution in [0.1, 0.15) is 29.9 Å². The molecule has 0 unspecified atom stereocenters. The summed E-state index contributed by atoms with van der Waals surface area (Å²) in [5.74, 6) is 1.77. The molecule has 0 radical (unpaired) electrons. The van der Waals surface area contributed by atoms with Gasteiger partial charge < -0.3 is 24.8 Å². The summed E-state index contributed by atoms with van der Waals surface area (Å²) in [5.41, 5.74) is 2.21. The number of aromatic nitrogens is 1. The molecule has 0 saturated carbocycles. The van der Waals surface area contributed by atoms with Crippen LogP contribution in [0.25, 0.3) is 0 Å². The van der Waals surface area contributed by atoms with E-state index in [0.717, 1.165) is 69.5 Å². The zero-order valence-electron chi connectivity index (χ0n) is 16.2. The Morgan fingerprint density at radius 3 is 2.52 bits per heavy atom. The van der Waals surface area contributed by atoms with Gasteiger partial charge in [0.05, 0.1) is 5.69 Å². The molecule has 0 amide bonds. The van der Waals surface area contributed by atoms with Crippen LogP contribution in [0, 0.1) is 13.8 Å². The molecule has 0 aromatic carbocycles. The maximum Gasteiger partial charge on any atom is 0.191 e. The number of nitrogens with one attached hydrogen (secondary N) is 2. The lowest BCUT2D eigenvalue weighted by atomic mass is 10.1. The van der Waals surface area contributed by atoms with E-state index in [4.69, 9.17) is 9.26 Å². The normalized spacial score (nSPS) is 11.5. The Balaban J connectivity index is 0.00000576. The molecule has 0 fully saturated rings. The summed E-state index contributed by atoms with van der Waals surface area (Å²) < 4.78 is 10.3. The van der Waals surface area contributed by atoms with Gasteiger partial charge in [0.2, 0.25) is 0 Å². The fourth-order valence-corrected chi connectivity index (χ4v) is 2.51. The Labute approximate surface area is 169 Å². The van der Waals surface area contributed by atoms with Gasteiger partial charge in [0.25, 0.3) is 0 Å². The predicted octanol–water partition coefficient (Wildman–Crippen LogP) is 1.98. The fraction of sp³-hybridized carbons (Fsp3) is 0.765. The second-order valence-electron chi connectivity index (χ2n) is 5.98. The molecule has 0 saturated heterocycles. The Morgan fingerprint density at radius 2 is 1.92 bits per heavy atom. The van der Waals surface area contributed by atoms with E-state index in [-0.39, 0.29) is 24.0 Å². The van der Waals surface area contributed by atoms with Crippen LogP contribution < -0.4 is 10.6 Å². The summed E-state index contributed by atoms with van der Waals surface area (Å²) in [4.78, 5) is 6.54. The molecule has 0 spiro atoms. The number of nitrogens with zero attached hydrogens (tertiary/aromatic N) is 3. The zero-order chi connectivity index (χ0) is 17.8. The average molecular weight is 467 g/mol. The number of methoxy groups -OCH3 is 1. The van der Waals surface area contributed by atoms with E-state index in [2.05, 4.69) is 32.7 Å². The van der Waals surface area contributed by atoms with Crippen molar-refractivity contribution in [1.82, 2.24) is 20.7 Å². The van der Waals surface area contributed by atoms with E-state index in [1.807, 2.05) is 13.8 Å². The first-order valence-electron chi connectivity index (χ1n) is 8.62. The van der Waals surface area contributed by atoms with Crippen molar-refractivity contribution in [3.63, 3.8) is 0 Å². The number of ether oxygens (including phenoxy) is 1. The summed E-state index contributed by atoms with van der Waals surface area (Å²) in [6.45, 7) is 8.52. The van der Waals surface area contributed by atoms with Crippen LogP contribution in [-0.4, -0.2) is 70.0 Å². The van der Waals surface area contributed by atoms with Crippen LogP contribution in [0.4, 0.5) is 0 Å². The molecule has 7 nitrogen and oxygen atoms in total. The molecule has 0 aliphatic rings. The number of aryl methyl sites for hydroxylation is 2. The second kappa shape index (κ2) is 14.3. The highest BCUT2D eigenvalue weighted by Gasteiger charge is 2.08. The Hall–Kier alpha value is -0.870. The van der Waals surface area contributed by atoms with Crippen molar-refractivity contribution in [2.24, 2.45) is 4.99 Å². The smallest absolute Gasteiger partial charge is 0.191 e. The zero-order valence-corrected chi connectivity index (χ0v) is 18.6. The highest BCUT2D eigenvalue weighted by atomic mass is 127. The molecule has 1 aromatic heterocycles. The first-order chi connectivity index (χ1) is 11.6. The number of guanidine groups is 1. The Bertz CT molecular complexity index is 474. The summed E-state index contributed by atoms with van der Waals surface area (Å²) in [7, 11) is 5.66. The van der Waals surface area contributed by atoms with Crippen LogP contribution >= 0.6 is 24.0 Å². The predicted molar refractivity (Wildman–Crippen MR) is 113 cm³/mol. The Kier molecular flexibility index (Phi) is 13.8. The monoisotopic (exact) mass is 467 g/mol. The number of hydrogen-bond donors (Lipinski definition) is 2. The molecular formula is C17H34IN5O2. The number of aliphatic imine (C=N–C) groups is 1. The number of halogens is 1. The van der Waals surface area contributed by atoms with E-state index < -0.39 is 0 Å². The molecule has 8 heteroatoms. The van der Waals surface area contributed by atoms with Crippen LogP contribution in [-0.2, 0) is 11.2 Å². The van der Waals surface area contributed by atoms with Gasteiger partial charge in [-0.2, -0.15) is 0 Å². The molecule has 1 rings (SSSR count). The van der Waals surface area contributed by atoms with E-state index >= 15 is 0 Å². The third-order valence-electron chi connectivity index (χ3n) is 3.98. The lowest BCUT2D eigenvalue weighted by molar-refractivity contribution is 0.180. The van der Waals surface area contributed by atoms with Crippen molar-refractivity contribution in [2.45, 2.75) is 33.1 Å². The van der Waals surface area contributed by atoms with Crippen molar-refractivity contribution < 1.29 is 9.26 Å². The maximum absolute atomic E-state index is 5.19. The number of rotatable bonds is 11. The molecule has 2 N–H and O–H groups in total. The van der Waals surface area contributed by atoms with Gasteiger partial charge in [0.1, 0.15) is 5.76 Å². The molecule has 0 aliphatic carbocycles. The summed E-state index contributed by atoms with van der Waals surface area (Å²) >= 11 is 0. The van der Waals surface area contributed by atoms with Gasteiger partial charge >= 0.3 is 0 Å². The lowest BCUT2D eigenvalue weighted by Gasteiger charge is -2.18. The van der Waals surface area contributed by atoms with Crippen molar-refractivity contribution >= 4 is 29.9 Å². The van der Waals surface area contributed by atoms with E-state index in [1.54, 1.807) is 14.2 Å². The lowest BCUT2D eigenvalue weighted by Crippen LogP contribution is -2.41. The van der Waals surface area contributed by atoms with Gasteiger partial charge in [0, 0.05) is 52.5 Å². The average Bonchev–Trinajstić information content (AvgIpc) is 2.88.